The highest BCUT2D eigenvalue weighted by Gasteiger charge is 2.27. The molecule has 9 heteroatoms. The fourth-order valence-electron chi connectivity index (χ4n) is 4.01. The average Bonchev–Trinajstić information content (AvgIpc) is 3.32. The van der Waals surface area contributed by atoms with Crippen LogP contribution in [0.15, 0.2) is 77.7 Å². The molecule has 3 aromatic rings. The molecule has 0 aromatic heterocycles. The van der Waals surface area contributed by atoms with Crippen LogP contribution in [0.5, 0.6) is 17.2 Å². The smallest absolute Gasteiger partial charge is 0.294 e. The van der Waals surface area contributed by atoms with E-state index in [9.17, 15) is 12.8 Å². The molecule has 2 N–H and O–H groups in total. The molecule has 1 saturated heterocycles. The number of hydrogen-bond acceptors (Lipinski definition) is 6. The third-order valence-corrected chi connectivity index (χ3v) is 6.62. The van der Waals surface area contributed by atoms with E-state index in [1.807, 2.05) is 30.3 Å². The summed E-state index contributed by atoms with van der Waals surface area (Å²) in [5.41, 5.74) is 1.18. The second-order valence-electron chi connectivity index (χ2n) is 8.03. The summed E-state index contributed by atoms with van der Waals surface area (Å²) in [5, 5.41) is 3.43. The summed E-state index contributed by atoms with van der Waals surface area (Å²) in [5.74, 6) is 2.79. The van der Waals surface area contributed by atoms with Crippen LogP contribution in [0.2, 0.25) is 0 Å². The summed E-state index contributed by atoms with van der Waals surface area (Å²) >= 11 is 0. The van der Waals surface area contributed by atoms with Gasteiger partial charge in [0.2, 0.25) is 6.79 Å². The van der Waals surface area contributed by atoms with E-state index in [2.05, 4.69) is 5.32 Å². The van der Waals surface area contributed by atoms with Crippen molar-refractivity contribution < 1.29 is 31.6 Å². The predicted octanol–water partition coefficient (Wildman–Crippen LogP) is 4.26. The lowest BCUT2D eigenvalue weighted by molar-refractivity contribution is 0.173. The number of benzene rings is 3. The Hall–Kier alpha value is -3.14. The van der Waals surface area contributed by atoms with Gasteiger partial charge in [-0.1, -0.05) is 30.3 Å². The lowest BCUT2D eigenvalue weighted by atomic mass is 9.81. The van der Waals surface area contributed by atoms with Gasteiger partial charge < -0.3 is 19.5 Å². The topological polar surface area (TPSA) is 94.1 Å². The van der Waals surface area contributed by atoms with Crippen LogP contribution in [0.1, 0.15) is 17.9 Å². The van der Waals surface area contributed by atoms with Crippen LogP contribution in [0, 0.1) is 11.7 Å². The molecule has 0 amide bonds. The van der Waals surface area contributed by atoms with Crippen LogP contribution in [0.4, 0.5) is 4.39 Å². The molecule has 3 aromatic carbocycles. The average molecular weight is 488 g/mol. The number of hydrogen-bond donors (Lipinski definition) is 2. The lowest BCUT2D eigenvalue weighted by Gasteiger charge is -2.32. The van der Waals surface area contributed by atoms with Crippen molar-refractivity contribution in [3.8, 4) is 17.2 Å². The second-order valence-corrected chi connectivity index (χ2v) is 9.45. The highest BCUT2D eigenvalue weighted by atomic mass is 32.2. The molecule has 7 nitrogen and oxygen atoms in total. The number of ether oxygens (including phenoxy) is 3. The molecule has 0 saturated carbocycles. The van der Waals surface area contributed by atoms with Gasteiger partial charge in [0.25, 0.3) is 10.1 Å². The molecule has 180 valence electrons. The molecular formula is C25H26FNO6S. The molecule has 0 spiro atoms. The normalized spacial score (nSPS) is 19.1. The number of piperidine rings is 1. The van der Waals surface area contributed by atoms with E-state index >= 15 is 0 Å². The third kappa shape index (κ3) is 6.25. The molecule has 2 aliphatic rings. The van der Waals surface area contributed by atoms with E-state index in [-0.39, 0.29) is 17.5 Å². The van der Waals surface area contributed by atoms with Crippen molar-refractivity contribution in [3.05, 3.63) is 84.2 Å². The predicted molar refractivity (Wildman–Crippen MR) is 124 cm³/mol. The number of rotatable bonds is 5. The van der Waals surface area contributed by atoms with Gasteiger partial charge in [-0.2, -0.15) is 8.42 Å². The fraction of sp³-hybridized carbons (Fsp3) is 0.280. The SMILES string of the molecule is Fc1ccc(C2CCNCC2COc2ccc3c(c2)OCO3)cc1.O=S(=O)(O)c1ccccc1. The monoisotopic (exact) mass is 487 g/mol. The van der Waals surface area contributed by atoms with Crippen molar-refractivity contribution in [2.24, 2.45) is 5.92 Å². The maximum atomic E-state index is 13.2. The summed E-state index contributed by atoms with van der Waals surface area (Å²) in [6.07, 6.45) is 1.03. The first kappa shape index (κ1) is 24.0. The molecular weight excluding hydrogens is 461 g/mol. The zero-order valence-corrected chi connectivity index (χ0v) is 19.2. The van der Waals surface area contributed by atoms with Crippen molar-refractivity contribution in [2.45, 2.75) is 17.2 Å². The lowest BCUT2D eigenvalue weighted by Crippen LogP contribution is -2.38. The maximum Gasteiger partial charge on any atom is 0.294 e. The van der Waals surface area contributed by atoms with Gasteiger partial charge in [-0.3, -0.25) is 4.55 Å². The molecule has 0 radical (unpaired) electrons. The zero-order valence-electron chi connectivity index (χ0n) is 18.4. The van der Waals surface area contributed by atoms with Gasteiger partial charge in [0.1, 0.15) is 11.6 Å². The molecule has 2 aliphatic heterocycles. The summed E-state index contributed by atoms with van der Waals surface area (Å²) in [4.78, 5) is -0.0741. The third-order valence-electron chi connectivity index (χ3n) is 5.76. The van der Waals surface area contributed by atoms with Gasteiger partial charge in [-0.05, 0) is 60.8 Å². The van der Waals surface area contributed by atoms with Crippen LogP contribution < -0.4 is 19.5 Å². The van der Waals surface area contributed by atoms with Gasteiger partial charge in [0, 0.05) is 18.5 Å². The molecule has 2 atom stereocenters. The van der Waals surface area contributed by atoms with E-state index < -0.39 is 10.1 Å². The Morgan fingerprint density at radius 1 is 1.00 bits per heavy atom. The standard InChI is InChI=1S/C19H20FNO3.C6H6O3S/c20-15-3-1-13(2-4-15)17-7-8-21-10-14(17)11-22-16-5-6-18-19(9-16)24-12-23-18;7-10(8,9)6-4-2-1-3-5-6/h1-6,9,14,17,21H,7-8,10-12H2;1-5H,(H,7,8,9). The Morgan fingerprint density at radius 3 is 2.44 bits per heavy atom. The largest absolute Gasteiger partial charge is 0.493 e. The molecule has 5 rings (SSSR count). The van der Waals surface area contributed by atoms with Crippen molar-refractivity contribution in [3.63, 3.8) is 0 Å². The minimum atomic E-state index is -4.00. The second kappa shape index (κ2) is 10.9. The minimum absolute atomic E-state index is 0.0741. The zero-order chi connectivity index (χ0) is 24.0. The van der Waals surface area contributed by atoms with E-state index in [1.54, 1.807) is 18.2 Å². The maximum absolute atomic E-state index is 13.2. The Kier molecular flexibility index (Phi) is 7.66. The summed E-state index contributed by atoms with van der Waals surface area (Å²) < 4.78 is 59.1. The molecule has 2 heterocycles. The Bertz CT molecular complexity index is 1190. The number of fused-ring (bicyclic) bond motifs is 1. The van der Waals surface area contributed by atoms with Crippen molar-refractivity contribution in [2.75, 3.05) is 26.5 Å². The molecule has 0 bridgehead atoms. The number of nitrogens with one attached hydrogen (secondary N) is 1. The van der Waals surface area contributed by atoms with E-state index in [0.29, 0.717) is 18.4 Å². The van der Waals surface area contributed by atoms with Crippen LogP contribution in [0.25, 0.3) is 0 Å². The van der Waals surface area contributed by atoms with Gasteiger partial charge in [0.05, 0.1) is 11.5 Å². The summed E-state index contributed by atoms with van der Waals surface area (Å²) in [6, 6.07) is 19.9. The van der Waals surface area contributed by atoms with Gasteiger partial charge in [-0.15, -0.1) is 0 Å². The highest BCUT2D eigenvalue weighted by molar-refractivity contribution is 7.85. The number of halogens is 1. The van der Waals surface area contributed by atoms with Gasteiger partial charge in [-0.25, -0.2) is 4.39 Å². The molecule has 34 heavy (non-hydrogen) atoms. The minimum Gasteiger partial charge on any atom is -0.493 e. The summed E-state index contributed by atoms with van der Waals surface area (Å²) in [7, 11) is -4.00. The van der Waals surface area contributed by atoms with Crippen molar-refractivity contribution >= 4 is 10.1 Å². The Labute approximate surface area is 198 Å². The first-order chi connectivity index (χ1) is 16.4. The molecule has 0 aliphatic carbocycles. The van der Waals surface area contributed by atoms with Gasteiger partial charge >= 0.3 is 0 Å². The molecule has 1 fully saturated rings. The molecule has 2 unspecified atom stereocenters. The Balaban J connectivity index is 0.000000231. The Morgan fingerprint density at radius 2 is 1.74 bits per heavy atom. The van der Waals surface area contributed by atoms with Crippen LogP contribution in [-0.4, -0.2) is 39.5 Å². The van der Waals surface area contributed by atoms with Crippen LogP contribution in [-0.2, 0) is 10.1 Å². The first-order valence-corrected chi connectivity index (χ1v) is 12.4. The first-order valence-electron chi connectivity index (χ1n) is 10.9. The highest BCUT2D eigenvalue weighted by Crippen LogP contribution is 2.36. The van der Waals surface area contributed by atoms with Crippen LogP contribution >= 0.6 is 0 Å². The van der Waals surface area contributed by atoms with Gasteiger partial charge in [0.15, 0.2) is 11.5 Å². The van der Waals surface area contributed by atoms with E-state index in [1.165, 1.54) is 29.8 Å². The fourth-order valence-corrected chi connectivity index (χ4v) is 4.51. The van der Waals surface area contributed by atoms with E-state index in [4.69, 9.17) is 18.8 Å². The quantitative estimate of drug-likeness (QED) is 0.520. The summed E-state index contributed by atoms with van der Waals surface area (Å²) in [6.45, 7) is 2.74. The van der Waals surface area contributed by atoms with Crippen molar-refractivity contribution in [1.82, 2.24) is 5.32 Å². The van der Waals surface area contributed by atoms with E-state index in [0.717, 1.165) is 36.8 Å². The van der Waals surface area contributed by atoms with Crippen LogP contribution in [0.3, 0.4) is 0 Å². The van der Waals surface area contributed by atoms with Crippen molar-refractivity contribution in [1.29, 1.82) is 0 Å².